The van der Waals surface area contributed by atoms with Crippen molar-refractivity contribution in [3.8, 4) is 5.75 Å². The summed E-state index contributed by atoms with van der Waals surface area (Å²) in [6.07, 6.45) is 0. The standard InChI is InChI=1S/C22H19NO2/c1-25-17-13-11-16(12-14-17)23-21-18-9-5-6-10-19(18)22(24)20(21)15-7-3-2-4-8-15/h2-14,20-21,23H,1H3. The van der Waals surface area contributed by atoms with Gasteiger partial charge in [0, 0.05) is 11.3 Å². The van der Waals surface area contributed by atoms with E-state index in [2.05, 4.69) is 5.32 Å². The van der Waals surface area contributed by atoms with Crippen LogP contribution in [0.15, 0.2) is 78.9 Å². The van der Waals surface area contributed by atoms with Crippen LogP contribution in [0, 0.1) is 0 Å². The van der Waals surface area contributed by atoms with Crippen LogP contribution in [0.5, 0.6) is 5.75 Å². The number of hydrogen-bond acceptors (Lipinski definition) is 3. The molecule has 1 N–H and O–H groups in total. The third-order valence-corrected chi connectivity index (χ3v) is 4.75. The summed E-state index contributed by atoms with van der Waals surface area (Å²) in [6, 6.07) is 25.6. The Morgan fingerprint density at radius 1 is 0.840 bits per heavy atom. The fraction of sp³-hybridized carbons (Fsp3) is 0.136. The smallest absolute Gasteiger partial charge is 0.173 e. The van der Waals surface area contributed by atoms with Crippen molar-refractivity contribution in [2.75, 3.05) is 12.4 Å². The molecule has 2 atom stereocenters. The first-order valence-corrected chi connectivity index (χ1v) is 8.36. The molecular weight excluding hydrogens is 310 g/mol. The molecule has 3 aromatic rings. The molecule has 3 heteroatoms. The molecule has 124 valence electrons. The summed E-state index contributed by atoms with van der Waals surface area (Å²) in [6.45, 7) is 0. The van der Waals surface area contributed by atoms with Crippen molar-refractivity contribution in [2.24, 2.45) is 0 Å². The molecule has 0 amide bonds. The van der Waals surface area contributed by atoms with Crippen LogP contribution in [0.25, 0.3) is 0 Å². The Kier molecular flexibility index (Phi) is 3.98. The van der Waals surface area contributed by atoms with Crippen LogP contribution in [-0.4, -0.2) is 12.9 Å². The van der Waals surface area contributed by atoms with Crippen LogP contribution >= 0.6 is 0 Å². The van der Waals surface area contributed by atoms with E-state index in [9.17, 15) is 4.79 Å². The van der Waals surface area contributed by atoms with Gasteiger partial charge in [0.25, 0.3) is 0 Å². The summed E-state index contributed by atoms with van der Waals surface area (Å²) < 4.78 is 5.22. The number of carbonyl (C=O) groups is 1. The number of benzene rings is 3. The molecule has 3 aromatic carbocycles. The fourth-order valence-electron chi connectivity index (χ4n) is 3.52. The van der Waals surface area contributed by atoms with Gasteiger partial charge in [-0.1, -0.05) is 54.6 Å². The Balaban J connectivity index is 1.74. The zero-order chi connectivity index (χ0) is 17.2. The van der Waals surface area contributed by atoms with Gasteiger partial charge in [0.2, 0.25) is 0 Å². The lowest BCUT2D eigenvalue weighted by atomic mass is 9.91. The molecule has 0 aromatic heterocycles. The Labute approximate surface area is 147 Å². The van der Waals surface area contributed by atoms with Gasteiger partial charge < -0.3 is 10.1 Å². The molecule has 0 saturated carbocycles. The predicted octanol–water partition coefficient (Wildman–Crippen LogP) is 4.83. The lowest BCUT2D eigenvalue weighted by Crippen LogP contribution is -2.18. The van der Waals surface area contributed by atoms with Gasteiger partial charge in [-0.25, -0.2) is 0 Å². The molecule has 25 heavy (non-hydrogen) atoms. The highest BCUT2D eigenvalue weighted by molar-refractivity contribution is 6.06. The van der Waals surface area contributed by atoms with E-state index in [0.717, 1.165) is 28.1 Å². The van der Waals surface area contributed by atoms with Gasteiger partial charge in [-0.2, -0.15) is 0 Å². The minimum absolute atomic E-state index is 0.0838. The van der Waals surface area contributed by atoms with Crippen LogP contribution in [-0.2, 0) is 0 Å². The number of methoxy groups -OCH3 is 1. The number of carbonyl (C=O) groups excluding carboxylic acids is 1. The summed E-state index contributed by atoms with van der Waals surface area (Å²) in [5.74, 6) is 0.765. The monoisotopic (exact) mass is 329 g/mol. The lowest BCUT2D eigenvalue weighted by molar-refractivity contribution is 0.0967. The van der Waals surface area contributed by atoms with E-state index in [0.29, 0.717) is 0 Å². The molecule has 1 aliphatic carbocycles. The van der Waals surface area contributed by atoms with Gasteiger partial charge in [-0.05, 0) is 35.4 Å². The molecule has 0 fully saturated rings. The highest BCUT2D eigenvalue weighted by atomic mass is 16.5. The minimum Gasteiger partial charge on any atom is -0.497 e. The van der Waals surface area contributed by atoms with Crippen molar-refractivity contribution in [3.63, 3.8) is 0 Å². The van der Waals surface area contributed by atoms with Gasteiger partial charge >= 0.3 is 0 Å². The average Bonchev–Trinajstić information content (AvgIpc) is 2.95. The van der Waals surface area contributed by atoms with Gasteiger partial charge in [0.05, 0.1) is 19.1 Å². The number of anilines is 1. The van der Waals surface area contributed by atoms with Crippen molar-refractivity contribution in [1.82, 2.24) is 0 Å². The Bertz CT molecular complexity index is 887. The lowest BCUT2D eigenvalue weighted by Gasteiger charge is -2.22. The molecular formula is C22H19NO2. The summed E-state index contributed by atoms with van der Waals surface area (Å²) in [5, 5.41) is 3.55. The van der Waals surface area contributed by atoms with Crippen molar-refractivity contribution in [3.05, 3.63) is 95.6 Å². The zero-order valence-corrected chi connectivity index (χ0v) is 14.0. The molecule has 0 heterocycles. The van der Waals surface area contributed by atoms with E-state index in [-0.39, 0.29) is 17.7 Å². The van der Waals surface area contributed by atoms with Gasteiger partial charge in [-0.3, -0.25) is 4.79 Å². The molecule has 3 nitrogen and oxygen atoms in total. The van der Waals surface area contributed by atoms with Gasteiger partial charge in [-0.15, -0.1) is 0 Å². The van der Waals surface area contributed by atoms with Crippen molar-refractivity contribution < 1.29 is 9.53 Å². The zero-order valence-electron chi connectivity index (χ0n) is 14.0. The van der Waals surface area contributed by atoms with E-state index >= 15 is 0 Å². The van der Waals surface area contributed by atoms with E-state index in [4.69, 9.17) is 4.74 Å². The average molecular weight is 329 g/mol. The number of fused-ring (bicyclic) bond motifs is 1. The quantitative estimate of drug-likeness (QED) is 0.745. The maximum absolute atomic E-state index is 13.0. The molecule has 0 aliphatic heterocycles. The van der Waals surface area contributed by atoms with E-state index < -0.39 is 0 Å². The molecule has 2 unspecified atom stereocenters. The SMILES string of the molecule is COc1ccc(NC2c3ccccc3C(=O)C2c2ccccc2)cc1. The van der Waals surface area contributed by atoms with Crippen LogP contribution in [0.3, 0.4) is 0 Å². The van der Waals surface area contributed by atoms with Gasteiger partial charge in [0.15, 0.2) is 5.78 Å². The number of hydrogen-bond donors (Lipinski definition) is 1. The second kappa shape index (κ2) is 6.44. The van der Waals surface area contributed by atoms with Crippen molar-refractivity contribution in [2.45, 2.75) is 12.0 Å². The summed E-state index contributed by atoms with van der Waals surface area (Å²) >= 11 is 0. The maximum atomic E-state index is 13.0. The van der Waals surface area contributed by atoms with Crippen LogP contribution < -0.4 is 10.1 Å². The third-order valence-electron chi connectivity index (χ3n) is 4.75. The van der Waals surface area contributed by atoms with E-state index in [1.165, 1.54) is 0 Å². The Morgan fingerprint density at radius 3 is 2.24 bits per heavy atom. The van der Waals surface area contributed by atoms with Crippen molar-refractivity contribution >= 4 is 11.5 Å². The van der Waals surface area contributed by atoms with Crippen LogP contribution in [0.4, 0.5) is 5.69 Å². The number of ether oxygens (including phenoxy) is 1. The van der Waals surface area contributed by atoms with E-state index in [1.807, 2.05) is 78.9 Å². The number of ketones is 1. The second-order valence-electron chi connectivity index (χ2n) is 6.19. The first kappa shape index (κ1) is 15.5. The highest BCUT2D eigenvalue weighted by Gasteiger charge is 2.40. The molecule has 4 rings (SSSR count). The van der Waals surface area contributed by atoms with Crippen LogP contribution in [0.2, 0.25) is 0 Å². The number of rotatable bonds is 4. The van der Waals surface area contributed by atoms with Crippen LogP contribution in [0.1, 0.15) is 33.4 Å². The largest absolute Gasteiger partial charge is 0.497 e. The fourth-order valence-corrected chi connectivity index (χ4v) is 3.52. The van der Waals surface area contributed by atoms with E-state index in [1.54, 1.807) is 7.11 Å². The van der Waals surface area contributed by atoms with Gasteiger partial charge in [0.1, 0.15) is 5.75 Å². The topological polar surface area (TPSA) is 38.3 Å². The molecule has 0 bridgehead atoms. The summed E-state index contributed by atoms with van der Waals surface area (Å²) in [5.41, 5.74) is 3.87. The molecule has 1 aliphatic rings. The first-order valence-electron chi connectivity index (χ1n) is 8.36. The molecule has 0 radical (unpaired) electrons. The third kappa shape index (κ3) is 2.78. The molecule has 0 saturated heterocycles. The molecule has 0 spiro atoms. The maximum Gasteiger partial charge on any atom is 0.173 e. The Hall–Kier alpha value is -3.07. The van der Waals surface area contributed by atoms with Crippen molar-refractivity contribution in [1.29, 1.82) is 0 Å². The first-order chi connectivity index (χ1) is 12.3. The number of nitrogens with one attached hydrogen (secondary N) is 1. The Morgan fingerprint density at radius 2 is 1.52 bits per heavy atom. The minimum atomic E-state index is -0.222. The second-order valence-corrected chi connectivity index (χ2v) is 6.19. The number of Topliss-reactive ketones (excluding diaryl/α,β-unsaturated/α-hetero) is 1. The predicted molar refractivity (Wildman–Crippen MR) is 99.3 cm³/mol. The summed E-state index contributed by atoms with van der Waals surface area (Å²) in [4.78, 5) is 13.0. The highest BCUT2D eigenvalue weighted by Crippen LogP contribution is 2.44. The summed E-state index contributed by atoms with van der Waals surface area (Å²) in [7, 11) is 1.65. The normalized spacial score (nSPS) is 18.7.